The maximum atomic E-state index is 5.93. The van der Waals surface area contributed by atoms with E-state index in [1.807, 2.05) is 109 Å². The molecule has 0 saturated heterocycles. The van der Waals surface area contributed by atoms with Crippen molar-refractivity contribution in [2.75, 3.05) is 11.5 Å². The quantitative estimate of drug-likeness (QED) is 0.220. The highest BCUT2D eigenvalue weighted by atomic mass is 16.5. The minimum Gasteiger partial charge on any atom is -0.457 e. The normalized spacial score (nSPS) is 10.4. The third-order valence-corrected chi connectivity index (χ3v) is 5.13. The molecule has 0 aliphatic carbocycles. The van der Waals surface area contributed by atoms with Gasteiger partial charge in [0.15, 0.2) is 0 Å². The molecule has 5 aromatic carbocycles. The zero-order chi connectivity index (χ0) is 24.7. The van der Waals surface area contributed by atoms with Gasteiger partial charge in [-0.1, -0.05) is 12.1 Å². The first-order valence-electron chi connectivity index (χ1n) is 11.3. The second kappa shape index (κ2) is 10.4. The Morgan fingerprint density at radius 2 is 0.556 bits per heavy atom. The van der Waals surface area contributed by atoms with Gasteiger partial charge in [0.05, 0.1) is 0 Å². The molecular formula is C30H24N2O4. The van der Waals surface area contributed by atoms with E-state index in [4.69, 9.17) is 30.4 Å². The first-order valence-corrected chi connectivity index (χ1v) is 11.3. The molecule has 0 fully saturated rings. The van der Waals surface area contributed by atoms with E-state index < -0.39 is 0 Å². The van der Waals surface area contributed by atoms with Crippen molar-refractivity contribution < 1.29 is 18.9 Å². The van der Waals surface area contributed by atoms with Gasteiger partial charge in [0, 0.05) is 23.5 Å². The lowest BCUT2D eigenvalue weighted by molar-refractivity contribution is 0.461. The molecule has 36 heavy (non-hydrogen) atoms. The summed E-state index contributed by atoms with van der Waals surface area (Å²) in [6.07, 6.45) is 0. The van der Waals surface area contributed by atoms with Gasteiger partial charge in [-0.15, -0.1) is 0 Å². The monoisotopic (exact) mass is 476 g/mol. The molecule has 0 aliphatic heterocycles. The van der Waals surface area contributed by atoms with E-state index in [2.05, 4.69) is 0 Å². The van der Waals surface area contributed by atoms with Gasteiger partial charge in [0.25, 0.3) is 0 Å². The summed E-state index contributed by atoms with van der Waals surface area (Å²) in [6.45, 7) is 0. The minimum absolute atomic E-state index is 0.653. The van der Waals surface area contributed by atoms with Crippen LogP contribution in [0.2, 0.25) is 0 Å². The number of hydrogen-bond donors (Lipinski definition) is 2. The molecule has 0 heterocycles. The smallest absolute Gasteiger partial charge is 0.129 e. The molecule has 178 valence electrons. The van der Waals surface area contributed by atoms with E-state index in [-0.39, 0.29) is 0 Å². The van der Waals surface area contributed by atoms with E-state index in [0.29, 0.717) is 57.4 Å². The highest BCUT2D eigenvalue weighted by Crippen LogP contribution is 2.31. The van der Waals surface area contributed by atoms with Crippen LogP contribution in [0, 0.1) is 0 Å². The van der Waals surface area contributed by atoms with Crippen LogP contribution in [0.15, 0.2) is 121 Å². The Bertz CT molecular complexity index is 1320. The Morgan fingerprint density at radius 3 is 0.806 bits per heavy atom. The molecule has 0 saturated carbocycles. The van der Waals surface area contributed by atoms with Gasteiger partial charge in [-0.3, -0.25) is 0 Å². The molecule has 5 aromatic rings. The van der Waals surface area contributed by atoms with E-state index >= 15 is 0 Å². The average molecular weight is 477 g/mol. The average Bonchev–Trinajstić information content (AvgIpc) is 2.88. The topological polar surface area (TPSA) is 89.0 Å². The summed E-state index contributed by atoms with van der Waals surface area (Å²) in [6, 6.07) is 36.8. The summed E-state index contributed by atoms with van der Waals surface area (Å²) in [7, 11) is 0. The van der Waals surface area contributed by atoms with Crippen LogP contribution in [0.4, 0.5) is 11.4 Å². The van der Waals surface area contributed by atoms with Gasteiger partial charge >= 0.3 is 0 Å². The van der Waals surface area contributed by atoms with Crippen LogP contribution < -0.4 is 30.4 Å². The lowest BCUT2D eigenvalue weighted by Crippen LogP contribution is -1.89. The van der Waals surface area contributed by atoms with Crippen molar-refractivity contribution in [2.24, 2.45) is 0 Å². The Hall–Kier alpha value is -5.10. The third kappa shape index (κ3) is 6.07. The van der Waals surface area contributed by atoms with E-state index in [1.54, 1.807) is 12.1 Å². The predicted molar refractivity (Wildman–Crippen MR) is 141 cm³/mol. The first-order chi connectivity index (χ1) is 17.6. The lowest BCUT2D eigenvalue weighted by atomic mass is 10.3. The number of benzene rings is 5. The molecule has 0 atom stereocenters. The van der Waals surface area contributed by atoms with Crippen molar-refractivity contribution in [2.45, 2.75) is 0 Å². The lowest BCUT2D eigenvalue weighted by Gasteiger charge is -2.10. The maximum Gasteiger partial charge on any atom is 0.129 e. The van der Waals surface area contributed by atoms with E-state index in [9.17, 15) is 0 Å². The minimum atomic E-state index is 0.653. The van der Waals surface area contributed by atoms with Crippen LogP contribution in [0.25, 0.3) is 0 Å². The van der Waals surface area contributed by atoms with Crippen LogP contribution in [0.5, 0.6) is 46.0 Å². The van der Waals surface area contributed by atoms with E-state index in [0.717, 1.165) is 0 Å². The molecule has 4 N–H and O–H groups in total. The van der Waals surface area contributed by atoms with Gasteiger partial charge in [0.2, 0.25) is 0 Å². The Balaban J connectivity index is 1.15. The largest absolute Gasteiger partial charge is 0.457 e. The second-order valence-corrected chi connectivity index (χ2v) is 7.97. The van der Waals surface area contributed by atoms with Gasteiger partial charge in [-0.25, -0.2) is 0 Å². The standard InChI is InChI=1S/C30H24N2O4/c31-21-3-1-5-29(19-21)35-27-15-11-25(12-16-27)33-23-7-9-24(10-8-23)34-26-13-17-28(18-14-26)36-30-6-2-4-22(32)20-30/h1-20H,31-32H2. The molecule has 5 rings (SSSR count). The fourth-order valence-corrected chi connectivity index (χ4v) is 3.43. The summed E-state index contributed by atoms with van der Waals surface area (Å²) in [5.41, 5.74) is 12.9. The zero-order valence-corrected chi connectivity index (χ0v) is 19.3. The van der Waals surface area contributed by atoms with Gasteiger partial charge in [0.1, 0.15) is 46.0 Å². The second-order valence-electron chi connectivity index (χ2n) is 7.97. The number of anilines is 2. The highest BCUT2D eigenvalue weighted by molar-refractivity contribution is 5.47. The Morgan fingerprint density at radius 1 is 0.306 bits per heavy atom. The number of nitrogens with two attached hydrogens (primary N) is 2. The fraction of sp³-hybridized carbons (Fsp3) is 0. The van der Waals surface area contributed by atoms with Crippen LogP contribution in [-0.4, -0.2) is 0 Å². The first kappa shape index (κ1) is 22.7. The van der Waals surface area contributed by atoms with Crippen molar-refractivity contribution in [3.8, 4) is 46.0 Å². The van der Waals surface area contributed by atoms with Crippen LogP contribution in [0.1, 0.15) is 0 Å². The van der Waals surface area contributed by atoms with Crippen molar-refractivity contribution in [1.82, 2.24) is 0 Å². The molecule has 0 bridgehead atoms. The fourth-order valence-electron chi connectivity index (χ4n) is 3.43. The molecule has 0 amide bonds. The Kier molecular flexibility index (Phi) is 6.58. The van der Waals surface area contributed by atoms with E-state index in [1.165, 1.54) is 0 Å². The molecule has 6 heteroatoms. The van der Waals surface area contributed by atoms with Crippen molar-refractivity contribution in [1.29, 1.82) is 0 Å². The summed E-state index contributed by atoms with van der Waals surface area (Å²) in [5.74, 6) is 5.53. The molecular weight excluding hydrogens is 452 g/mol. The maximum absolute atomic E-state index is 5.93. The van der Waals surface area contributed by atoms with Gasteiger partial charge < -0.3 is 30.4 Å². The summed E-state index contributed by atoms with van der Waals surface area (Å²) < 4.78 is 23.5. The molecule has 0 unspecified atom stereocenters. The molecule has 0 radical (unpaired) electrons. The summed E-state index contributed by atoms with van der Waals surface area (Å²) in [4.78, 5) is 0. The SMILES string of the molecule is Nc1cccc(Oc2ccc(Oc3ccc(Oc4ccc(Oc5cccc(N)c5)cc4)cc3)cc2)c1. The zero-order valence-electron chi connectivity index (χ0n) is 19.3. The number of rotatable bonds is 8. The molecule has 6 nitrogen and oxygen atoms in total. The van der Waals surface area contributed by atoms with Gasteiger partial charge in [-0.05, 0) is 97.1 Å². The number of ether oxygens (including phenoxy) is 4. The number of hydrogen-bond acceptors (Lipinski definition) is 6. The Labute approximate surface area is 209 Å². The predicted octanol–water partition coefficient (Wildman–Crippen LogP) is 8.02. The molecule has 0 spiro atoms. The summed E-state index contributed by atoms with van der Waals surface area (Å²) >= 11 is 0. The van der Waals surface area contributed by atoms with Gasteiger partial charge in [-0.2, -0.15) is 0 Å². The van der Waals surface area contributed by atoms with Crippen molar-refractivity contribution in [3.05, 3.63) is 121 Å². The number of nitrogen functional groups attached to an aromatic ring is 2. The highest BCUT2D eigenvalue weighted by Gasteiger charge is 2.04. The van der Waals surface area contributed by atoms with Crippen LogP contribution in [-0.2, 0) is 0 Å². The molecule has 0 aliphatic rings. The van der Waals surface area contributed by atoms with Crippen molar-refractivity contribution in [3.63, 3.8) is 0 Å². The summed E-state index contributed by atoms with van der Waals surface area (Å²) in [5, 5.41) is 0. The van der Waals surface area contributed by atoms with Crippen molar-refractivity contribution >= 4 is 11.4 Å². The van der Waals surface area contributed by atoms with Crippen LogP contribution in [0.3, 0.4) is 0 Å². The van der Waals surface area contributed by atoms with Crippen LogP contribution >= 0.6 is 0 Å². The third-order valence-electron chi connectivity index (χ3n) is 5.13. The molecule has 0 aromatic heterocycles.